The van der Waals surface area contributed by atoms with Gasteiger partial charge >= 0.3 is 5.97 Å². The number of hydrogen-bond acceptors (Lipinski definition) is 5. The van der Waals surface area contributed by atoms with E-state index in [0.29, 0.717) is 0 Å². The lowest BCUT2D eigenvalue weighted by Crippen LogP contribution is -2.42. The zero-order valence-corrected chi connectivity index (χ0v) is 7.94. The zero-order chi connectivity index (χ0) is 10.9. The van der Waals surface area contributed by atoms with Crippen LogP contribution >= 0.6 is 0 Å². The fourth-order valence-corrected chi connectivity index (χ4v) is 1.27. The third-order valence-electron chi connectivity index (χ3n) is 2.17. The van der Waals surface area contributed by atoms with Crippen molar-refractivity contribution in [3.05, 3.63) is 0 Å². The van der Waals surface area contributed by atoms with Gasteiger partial charge in [-0.3, -0.25) is 4.79 Å². The Balaban J connectivity index is 2.71. The van der Waals surface area contributed by atoms with E-state index in [1.54, 1.807) is 0 Å². The summed E-state index contributed by atoms with van der Waals surface area (Å²) in [6, 6.07) is 0. The van der Waals surface area contributed by atoms with Crippen molar-refractivity contribution in [2.75, 3.05) is 6.61 Å². The summed E-state index contributed by atoms with van der Waals surface area (Å²) in [5, 5.41) is 18.2. The van der Waals surface area contributed by atoms with Gasteiger partial charge in [-0.15, -0.1) is 0 Å². The first-order valence-electron chi connectivity index (χ1n) is 4.19. The van der Waals surface area contributed by atoms with Crippen LogP contribution in [0, 0.1) is 0 Å². The Labute approximate surface area is 80.4 Å². The standard InChI is InChI=1S/C8H13FO5/c1-4(11)13-7-5(9)6(12)8(2,3-10)14-7/h5-7,10,12H,3H2,1-2H3/t5-,6+,7?,8-/m1/s1. The van der Waals surface area contributed by atoms with Crippen LogP contribution < -0.4 is 0 Å². The maximum absolute atomic E-state index is 13.3. The number of alkyl halides is 1. The normalized spacial score (nSPS) is 42.5. The highest BCUT2D eigenvalue weighted by Crippen LogP contribution is 2.33. The van der Waals surface area contributed by atoms with Gasteiger partial charge in [0.1, 0.15) is 11.7 Å². The molecule has 0 aromatic carbocycles. The summed E-state index contributed by atoms with van der Waals surface area (Å²) in [6.07, 6.45) is -4.78. The van der Waals surface area contributed by atoms with Crippen molar-refractivity contribution in [1.82, 2.24) is 0 Å². The summed E-state index contributed by atoms with van der Waals surface area (Å²) in [4.78, 5) is 10.5. The molecule has 0 saturated carbocycles. The number of hydrogen-bond donors (Lipinski definition) is 2. The summed E-state index contributed by atoms with van der Waals surface area (Å²) in [7, 11) is 0. The molecule has 1 rings (SSSR count). The predicted octanol–water partition coefficient (Wildman–Crippen LogP) is -0.644. The van der Waals surface area contributed by atoms with E-state index in [4.69, 9.17) is 9.84 Å². The highest BCUT2D eigenvalue weighted by molar-refractivity contribution is 5.66. The lowest BCUT2D eigenvalue weighted by molar-refractivity contribution is -0.197. The number of halogens is 1. The van der Waals surface area contributed by atoms with Gasteiger partial charge in [-0.1, -0.05) is 0 Å². The molecule has 0 amide bonds. The number of carbonyl (C=O) groups excluding carboxylic acids is 1. The van der Waals surface area contributed by atoms with Crippen LogP contribution in [0.4, 0.5) is 4.39 Å². The molecule has 1 aliphatic rings. The van der Waals surface area contributed by atoms with E-state index < -0.39 is 36.7 Å². The van der Waals surface area contributed by atoms with E-state index in [-0.39, 0.29) is 0 Å². The molecule has 14 heavy (non-hydrogen) atoms. The van der Waals surface area contributed by atoms with Crippen LogP contribution in [0.1, 0.15) is 13.8 Å². The monoisotopic (exact) mass is 208 g/mol. The summed E-state index contributed by atoms with van der Waals surface area (Å²) in [5.41, 5.74) is -1.42. The molecule has 0 aromatic rings. The van der Waals surface area contributed by atoms with Gasteiger partial charge in [-0.05, 0) is 6.92 Å². The Hall–Kier alpha value is -0.720. The molecular weight excluding hydrogens is 195 g/mol. The highest BCUT2D eigenvalue weighted by atomic mass is 19.1. The molecule has 0 aliphatic carbocycles. The van der Waals surface area contributed by atoms with Gasteiger partial charge in [0.05, 0.1) is 6.61 Å². The van der Waals surface area contributed by atoms with Crippen molar-refractivity contribution in [2.45, 2.75) is 38.0 Å². The first-order valence-corrected chi connectivity index (χ1v) is 4.19. The van der Waals surface area contributed by atoms with Crippen LogP contribution in [0.25, 0.3) is 0 Å². The predicted molar refractivity (Wildman–Crippen MR) is 43.0 cm³/mol. The molecule has 1 saturated heterocycles. The summed E-state index contributed by atoms with van der Waals surface area (Å²) >= 11 is 0. The first kappa shape index (κ1) is 11.4. The fourth-order valence-electron chi connectivity index (χ4n) is 1.27. The molecule has 1 heterocycles. The van der Waals surface area contributed by atoms with Crippen molar-refractivity contribution in [1.29, 1.82) is 0 Å². The molecule has 6 heteroatoms. The topological polar surface area (TPSA) is 76.0 Å². The van der Waals surface area contributed by atoms with Gasteiger partial charge in [0.25, 0.3) is 0 Å². The minimum Gasteiger partial charge on any atom is -0.433 e. The Bertz CT molecular complexity index is 234. The SMILES string of the molecule is CC(=O)OC1O[C@](C)(CO)[C@@H](O)[C@H]1F. The van der Waals surface area contributed by atoms with Crippen molar-refractivity contribution in [3.8, 4) is 0 Å². The van der Waals surface area contributed by atoms with Gasteiger partial charge in [0.2, 0.25) is 6.29 Å². The maximum Gasteiger partial charge on any atom is 0.305 e. The molecule has 1 fully saturated rings. The quantitative estimate of drug-likeness (QED) is 0.590. The first-order chi connectivity index (χ1) is 6.40. The smallest absolute Gasteiger partial charge is 0.305 e. The summed E-state index contributed by atoms with van der Waals surface area (Å²) in [6.45, 7) is 1.90. The highest BCUT2D eigenvalue weighted by Gasteiger charge is 2.53. The average Bonchev–Trinajstić information content (AvgIpc) is 2.31. The number of ether oxygens (including phenoxy) is 2. The second kappa shape index (κ2) is 3.80. The number of esters is 1. The lowest BCUT2D eigenvalue weighted by atomic mass is 10.00. The number of carbonyl (C=O) groups is 1. The van der Waals surface area contributed by atoms with E-state index in [2.05, 4.69) is 4.74 Å². The number of aliphatic hydroxyl groups excluding tert-OH is 2. The average molecular weight is 208 g/mol. The van der Waals surface area contributed by atoms with Crippen molar-refractivity contribution >= 4 is 5.97 Å². The van der Waals surface area contributed by atoms with Crippen LogP contribution in [0.5, 0.6) is 0 Å². The lowest BCUT2D eigenvalue weighted by Gasteiger charge is -2.23. The van der Waals surface area contributed by atoms with Crippen molar-refractivity contribution in [2.24, 2.45) is 0 Å². The van der Waals surface area contributed by atoms with Crippen LogP contribution in [-0.4, -0.2) is 47.0 Å². The Kier molecular flexibility index (Phi) is 3.08. The third kappa shape index (κ3) is 1.87. The van der Waals surface area contributed by atoms with Gasteiger partial charge in [0.15, 0.2) is 6.17 Å². The van der Waals surface area contributed by atoms with E-state index >= 15 is 0 Å². The van der Waals surface area contributed by atoms with Crippen LogP contribution in [0.15, 0.2) is 0 Å². The minimum absolute atomic E-state index is 0.549. The van der Waals surface area contributed by atoms with Gasteiger partial charge < -0.3 is 19.7 Å². The third-order valence-corrected chi connectivity index (χ3v) is 2.17. The molecule has 1 unspecified atom stereocenters. The largest absolute Gasteiger partial charge is 0.433 e. The Morgan fingerprint density at radius 1 is 1.71 bits per heavy atom. The molecule has 2 N–H and O–H groups in total. The van der Waals surface area contributed by atoms with Gasteiger partial charge in [-0.2, -0.15) is 0 Å². The van der Waals surface area contributed by atoms with Crippen LogP contribution in [0.2, 0.25) is 0 Å². The van der Waals surface area contributed by atoms with Crippen molar-refractivity contribution in [3.63, 3.8) is 0 Å². The molecule has 0 aromatic heterocycles. The van der Waals surface area contributed by atoms with Gasteiger partial charge in [-0.25, -0.2) is 4.39 Å². The number of aliphatic hydroxyl groups is 2. The van der Waals surface area contributed by atoms with Crippen molar-refractivity contribution < 1.29 is 28.9 Å². The van der Waals surface area contributed by atoms with E-state index in [0.717, 1.165) is 6.92 Å². The van der Waals surface area contributed by atoms with Crippen LogP contribution in [-0.2, 0) is 14.3 Å². The van der Waals surface area contributed by atoms with E-state index in [1.807, 2.05) is 0 Å². The van der Waals surface area contributed by atoms with Crippen LogP contribution in [0.3, 0.4) is 0 Å². The fraction of sp³-hybridized carbons (Fsp3) is 0.875. The van der Waals surface area contributed by atoms with E-state index in [1.165, 1.54) is 6.92 Å². The Morgan fingerprint density at radius 3 is 2.64 bits per heavy atom. The van der Waals surface area contributed by atoms with Gasteiger partial charge in [0, 0.05) is 6.92 Å². The molecule has 1 aliphatic heterocycles. The summed E-state index contributed by atoms with van der Waals surface area (Å²) in [5.74, 6) is -0.702. The summed E-state index contributed by atoms with van der Waals surface area (Å²) < 4.78 is 22.7. The minimum atomic E-state index is -1.84. The molecular formula is C8H13FO5. The molecule has 0 spiro atoms. The molecule has 4 atom stereocenters. The molecule has 5 nitrogen and oxygen atoms in total. The maximum atomic E-state index is 13.3. The molecule has 82 valence electrons. The Morgan fingerprint density at radius 2 is 2.29 bits per heavy atom. The van der Waals surface area contributed by atoms with E-state index in [9.17, 15) is 14.3 Å². The second-order valence-corrected chi connectivity index (χ2v) is 3.46. The second-order valence-electron chi connectivity index (χ2n) is 3.46. The molecule has 0 radical (unpaired) electrons. The molecule has 0 bridgehead atoms. The zero-order valence-electron chi connectivity index (χ0n) is 7.94. The number of rotatable bonds is 2.